The zero-order valence-electron chi connectivity index (χ0n) is 20.6. The summed E-state index contributed by atoms with van der Waals surface area (Å²) in [5.74, 6) is -2.05. The molecular formula is C24H19BrClF3N8O3. The molecule has 1 aliphatic rings. The summed E-state index contributed by atoms with van der Waals surface area (Å²) < 4.78 is 45.8. The Morgan fingerprint density at radius 2 is 2.00 bits per heavy atom. The number of aryl methyl sites for hydroxylation is 1. The van der Waals surface area contributed by atoms with E-state index in [4.69, 9.17) is 16.3 Å². The van der Waals surface area contributed by atoms with Crippen LogP contribution in [-0.2, 0) is 23.9 Å². The molecule has 1 fully saturated rings. The zero-order chi connectivity index (χ0) is 28.6. The molecule has 1 aromatic carbocycles. The summed E-state index contributed by atoms with van der Waals surface area (Å²) in [7, 11) is 0. The number of Topliss-reactive ketones (excluding diaryl/α,β-unsaturated/α-hetero) is 1. The van der Waals surface area contributed by atoms with Crippen molar-refractivity contribution in [2.75, 3.05) is 13.2 Å². The first-order valence-electron chi connectivity index (χ1n) is 11.7. The fourth-order valence-corrected chi connectivity index (χ4v) is 4.79. The van der Waals surface area contributed by atoms with E-state index in [9.17, 15) is 22.8 Å². The minimum absolute atomic E-state index is 0.0489. The van der Waals surface area contributed by atoms with Crippen LogP contribution in [0.2, 0.25) is 5.02 Å². The summed E-state index contributed by atoms with van der Waals surface area (Å²) in [6, 6.07) is 7.85. The third kappa shape index (κ3) is 5.90. The Labute approximate surface area is 237 Å². The van der Waals surface area contributed by atoms with Gasteiger partial charge >= 0.3 is 6.18 Å². The van der Waals surface area contributed by atoms with Crippen LogP contribution in [0.25, 0.3) is 5.82 Å². The molecule has 11 nitrogen and oxygen atoms in total. The van der Waals surface area contributed by atoms with E-state index >= 15 is 0 Å². The molecule has 5 rings (SSSR count). The number of amides is 1. The number of ether oxygens (including phenoxy) is 1. The second-order valence-corrected chi connectivity index (χ2v) is 10.3. The van der Waals surface area contributed by atoms with Gasteiger partial charge in [-0.3, -0.25) is 9.59 Å². The highest BCUT2D eigenvalue weighted by atomic mass is 79.9. The van der Waals surface area contributed by atoms with Gasteiger partial charge in [0.2, 0.25) is 0 Å². The number of rotatable bonds is 8. The molecule has 208 valence electrons. The van der Waals surface area contributed by atoms with Gasteiger partial charge in [-0.15, -0.1) is 10.2 Å². The molecule has 1 N–H and O–H groups in total. The number of hydrogen-bond acceptors (Lipinski definition) is 8. The number of pyridine rings is 1. The fraction of sp³-hybridized carbons (Fsp3) is 0.292. The molecule has 16 heteroatoms. The van der Waals surface area contributed by atoms with Crippen LogP contribution in [0.4, 0.5) is 13.2 Å². The van der Waals surface area contributed by atoms with E-state index in [1.807, 2.05) is 0 Å². The highest BCUT2D eigenvalue weighted by molar-refractivity contribution is 9.10. The zero-order valence-corrected chi connectivity index (χ0v) is 23.0. The molecule has 40 heavy (non-hydrogen) atoms. The van der Waals surface area contributed by atoms with Gasteiger partial charge in [0.15, 0.2) is 11.6 Å². The molecule has 0 unspecified atom stereocenters. The van der Waals surface area contributed by atoms with Crippen molar-refractivity contribution in [2.45, 2.75) is 32.1 Å². The SMILES string of the molecule is Cc1cc(Br)cc(C(=O)NC2COC2)c1CC(=O)c1cc(Cn2nnc(C(F)(F)F)n2)nn1-c1ncccc1Cl. The molecule has 4 aromatic rings. The van der Waals surface area contributed by atoms with Crippen LogP contribution in [0.1, 0.15) is 43.5 Å². The Balaban J connectivity index is 1.50. The molecular weight excluding hydrogens is 621 g/mol. The van der Waals surface area contributed by atoms with Gasteiger partial charge in [0.25, 0.3) is 11.7 Å². The molecule has 1 aliphatic heterocycles. The lowest BCUT2D eigenvalue weighted by atomic mass is 9.95. The summed E-state index contributed by atoms with van der Waals surface area (Å²) in [5, 5.41) is 17.2. The normalized spacial score (nSPS) is 13.8. The Morgan fingerprint density at radius 3 is 2.65 bits per heavy atom. The number of carbonyl (C=O) groups is 2. The van der Waals surface area contributed by atoms with Crippen molar-refractivity contribution in [2.24, 2.45) is 0 Å². The summed E-state index contributed by atoms with van der Waals surface area (Å²) in [6.07, 6.45) is -3.49. The van der Waals surface area contributed by atoms with Crippen LogP contribution in [0, 0.1) is 6.92 Å². The van der Waals surface area contributed by atoms with Crippen LogP contribution in [0.5, 0.6) is 0 Å². The minimum atomic E-state index is -4.77. The second kappa shape index (κ2) is 11.1. The van der Waals surface area contributed by atoms with Crippen molar-refractivity contribution in [3.63, 3.8) is 0 Å². The molecule has 4 heterocycles. The van der Waals surface area contributed by atoms with E-state index < -0.39 is 17.8 Å². The number of carbonyl (C=O) groups excluding carboxylic acids is 2. The van der Waals surface area contributed by atoms with Gasteiger partial charge < -0.3 is 10.1 Å². The van der Waals surface area contributed by atoms with Crippen molar-refractivity contribution < 1.29 is 27.5 Å². The van der Waals surface area contributed by atoms with E-state index in [2.05, 4.69) is 46.7 Å². The van der Waals surface area contributed by atoms with Gasteiger partial charge in [-0.1, -0.05) is 27.5 Å². The number of aromatic nitrogens is 7. The number of ketones is 1. The van der Waals surface area contributed by atoms with E-state index in [0.29, 0.717) is 34.4 Å². The molecule has 0 saturated carbocycles. The van der Waals surface area contributed by atoms with E-state index in [1.165, 1.54) is 16.9 Å². The first-order valence-corrected chi connectivity index (χ1v) is 12.9. The maximum absolute atomic E-state index is 13.7. The van der Waals surface area contributed by atoms with Crippen LogP contribution in [0.15, 0.2) is 41.0 Å². The lowest BCUT2D eigenvalue weighted by molar-refractivity contribution is -0.145. The van der Waals surface area contributed by atoms with Crippen LogP contribution < -0.4 is 5.32 Å². The maximum atomic E-state index is 13.7. The number of halogens is 5. The van der Waals surface area contributed by atoms with Crippen molar-refractivity contribution >= 4 is 39.2 Å². The van der Waals surface area contributed by atoms with Gasteiger partial charge in [-0.05, 0) is 53.6 Å². The van der Waals surface area contributed by atoms with Gasteiger partial charge in [0.1, 0.15) is 12.2 Å². The number of nitrogens with zero attached hydrogens (tertiary/aromatic N) is 7. The first-order chi connectivity index (χ1) is 19.0. The molecule has 0 radical (unpaired) electrons. The van der Waals surface area contributed by atoms with Gasteiger partial charge in [-0.2, -0.15) is 23.1 Å². The molecule has 1 saturated heterocycles. The third-order valence-electron chi connectivity index (χ3n) is 5.99. The molecule has 0 atom stereocenters. The fourth-order valence-electron chi connectivity index (χ4n) is 4.01. The topological polar surface area (TPSA) is 130 Å². The maximum Gasteiger partial charge on any atom is 0.455 e. The number of alkyl halides is 3. The molecule has 3 aromatic heterocycles. The Morgan fingerprint density at radius 1 is 1.23 bits per heavy atom. The van der Waals surface area contributed by atoms with Crippen LogP contribution >= 0.6 is 27.5 Å². The summed E-state index contributed by atoms with van der Waals surface area (Å²) >= 11 is 9.73. The molecule has 0 aliphatic carbocycles. The van der Waals surface area contributed by atoms with E-state index in [0.717, 1.165) is 4.80 Å². The summed E-state index contributed by atoms with van der Waals surface area (Å²) in [4.78, 5) is 31.7. The number of benzene rings is 1. The highest BCUT2D eigenvalue weighted by Gasteiger charge is 2.37. The van der Waals surface area contributed by atoms with Gasteiger partial charge in [0, 0.05) is 22.7 Å². The molecule has 0 bridgehead atoms. The summed E-state index contributed by atoms with van der Waals surface area (Å²) in [5.41, 5.74) is 1.73. The summed E-state index contributed by atoms with van der Waals surface area (Å²) in [6.45, 7) is 2.29. The smallest absolute Gasteiger partial charge is 0.377 e. The minimum Gasteiger partial charge on any atom is -0.377 e. The second-order valence-electron chi connectivity index (χ2n) is 8.94. The molecule has 0 spiro atoms. The average molecular weight is 640 g/mol. The lowest BCUT2D eigenvalue weighted by Crippen LogP contribution is -2.48. The van der Waals surface area contributed by atoms with Crippen LogP contribution in [0.3, 0.4) is 0 Å². The Hall–Kier alpha value is -3.69. The van der Waals surface area contributed by atoms with Crippen molar-refractivity contribution in [3.8, 4) is 5.82 Å². The quantitative estimate of drug-likeness (QED) is 0.290. The average Bonchev–Trinajstić information content (AvgIpc) is 3.51. The molecule has 1 amide bonds. The standard InChI is InChI=1S/C24H19BrClF3N8O3/c1-12-5-13(25)6-17(22(39)31-15-10-40-11-15)16(12)8-20(38)19-7-14(9-36-34-23(32-35-36)24(27,28)29)33-37(19)21-18(26)3-2-4-30-21/h2-7,15H,8-11H2,1H3,(H,31,39). The first kappa shape index (κ1) is 27.9. The van der Waals surface area contributed by atoms with Crippen molar-refractivity contribution in [1.82, 2.24) is 40.3 Å². The predicted molar refractivity (Wildman–Crippen MR) is 137 cm³/mol. The Kier molecular flexibility index (Phi) is 7.70. The number of tetrazole rings is 1. The number of hydrogen-bond donors (Lipinski definition) is 1. The van der Waals surface area contributed by atoms with Gasteiger partial charge in [0.05, 0.1) is 30.0 Å². The van der Waals surface area contributed by atoms with E-state index in [-0.39, 0.29) is 47.1 Å². The largest absolute Gasteiger partial charge is 0.455 e. The van der Waals surface area contributed by atoms with Crippen molar-refractivity contribution in [1.29, 1.82) is 0 Å². The van der Waals surface area contributed by atoms with Crippen molar-refractivity contribution in [3.05, 3.63) is 79.9 Å². The van der Waals surface area contributed by atoms with Gasteiger partial charge in [-0.25, -0.2) is 9.67 Å². The number of nitrogens with one attached hydrogen (secondary N) is 1. The lowest BCUT2D eigenvalue weighted by Gasteiger charge is -2.27. The third-order valence-corrected chi connectivity index (χ3v) is 6.74. The Bertz CT molecular complexity index is 1600. The monoisotopic (exact) mass is 638 g/mol. The van der Waals surface area contributed by atoms with E-state index in [1.54, 1.807) is 31.2 Å². The highest BCUT2D eigenvalue weighted by Crippen LogP contribution is 2.27. The van der Waals surface area contributed by atoms with Crippen LogP contribution in [-0.4, -0.2) is 65.9 Å². The predicted octanol–water partition coefficient (Wildman–Crippen LogP) is 3.60.